The molecular formula is C35H32BrN3O7S. The lowest BCUT2D eigenvalue weighted by Crippen LogP contribution is -2.39. The van der Waals surface area contributed by atoms with Crippen LogP contribution in [-0.4, -0.2) is 37.5 Å². The molecule has 0 spiro atoms. The fraction of sp³-hybridized carbons (Fsp3) is 0.257. The molecule has 0 unspecified atom stereocenters. The molecule has 4 aromatic rings. The van der Waals surface area contributed by atoms with Gasteiger partial charge >= 0.3 is 5.97 Å². The largest absolute Gasteiger partial charge is 0.490 e. The van der Waals surface area contributed by atoms with Crippen LogP contribution < -0.4 is 33.8 Å². The van der Waals surface area contributed by atoms with E-state index < -0.39 is 12.0 Å². The summed E-state index contributed by atoms with van der Waals surface area (Å²) in [6.07, 6.45) is 3.19. The van der Waals surface area contributed by atoms with Gasteiger partial charge in [-0.05, 0) is 84.2 Å². The molecule has 0 amide bonds. The Kier molecular flexibility index (Phi) is 10.8. The molecule has 0 bridgehead atoms. The summed E-state index contributed by atoms with van der Waals surface area (Å²) in [7, 11) is 1.29. The van der Waals surface area contributed by atoms with Gasteiger partial charge in [0, 0.05) is 11.8 Å². The van der Waals surface area contributed by atoms with Crippen LogP contribution in [0.2, 0.25) is 0 Å². The highest BCUT2D eigenvalue weighted by Gasteiger charge is 2.31. The van der Waals surface area contributed by atoms with Gasteiger partial charge in [0.25, 0.3) is 5.56 Å². The quantitative estimate of drug-likeness (QED) is 0.178. The van der Waals surface area contributed by atoms with Gasteiger partial charge in [0.05, 0.1) is 59.2 Å². The molecule has 2 heterocycles. The number of thiazole rings is 1. The van der Waals surface area contributed by atoms with E-state index in [4.69, 9.17) is 23.7 Å². The number of nitrogens with zero attached hydrogens (tertiary/aromatic N) is 3. The lowest BCUT2D eigenvalue weighted by atomic mass is 9.97. The summed E-state index contributed by atoms with van der Waals surface area (Å²) in [4.78, 5) is 31.9. The number of hydrogen-bond acceptors (Lipinski definition) is 10. The molecule has 0 saturated carbocycles. The zero-order valence-corrected chi connectivity index (χ0v) is 28.6. The average Bonchev–Trinajstić information content (AvgIpc) is 3.39. The summed E-state index contributed by atoms with van der Waals surface area (Å²) in [5, 5.41) is 9.46. The van der Waals surface area contributed by atoms with Crippen LogP contribution in [0.15, 0.2) is 80.6 Å². The number of fused-ring (bicyclic) bond motifs is 1. The fourth-order valence-electron chi connectivity index (χ4n) is 5.12. The first-order valence-electron chi connectivity index (χ1n) is 14.9. The normalized spacial score (nSPS) is 13.9. The summed E-state index contributed by atoms with van der Waals surface area (Å²) in [6.45, 7) is 7.02. The lowest BCUT2D eigenvalue weighted by molar-refractivity contribution is -0.136. The van der Waals surface area contributed by atoms with Crippen molar-refractivity contribution in [3.63, 3.8) is 0 Å². The van der Waals surface area contributed by atoms with Gasteiger partial charge in [-0.1, -0.05) is 35.6 Å². The molecule has 0 saturated heterocycles. The van der Waals surface area contributed by atoms with Crippen LogP contribution in [0.1, 0.15) is 49.1 Å². The molecular weight excluding hydrogens is 686 g/mol. The highest BCUT2D eigenvalue weighted by Crippen LogP contribution is 2.38. The maximum atomic E-state index is 14.1. The van der Waals surface area contributed by atoms with E-state index in [1.807, 2.05) is 39.0 Å². The van der Waals surface area contributed by atoms with Crippen molar-refractivity contribution in [2.45, 2.75) is 33.4 Å². The monoisotopic (exact) mass is 717 g/mol. The molecule has 242 valence electrons. The summed E-state index contributed by atoms with van der Waals surface area (Å²) in [6, 6.07) is 17.6. The van der Waals surface area contributed by atoms with E-state index >= 15 is 0 Å². The van der Waals surface area contributed by atoms with Gasteiger partial charge in [0.2, 0.25) is 0 Å². The Hall–Kier alpha value is -4.86. The predicted octanol–water partition coefficient (Wildman–Crippen LogP) is 5.43. The Morgan fingerprint density at radius 1 is 1.00 bits per heavy atom. The van der Waals surface area contributed by atoms with E-state index in [1.165, 1.54) is 29.2 Å². The highest BCUT2D eigenvalue weighted by molar-refractivity contribution is 9.10. The van der Waals surface area contributed by atoms with E-state index in [0.717, 1.165) is 5.56 Å². The van der Waals surface area contributed by atoms with Crippen LogP contribution in [0, 0.1) is 11.3 Å². The van der Waals surface area contributed by atoms with E-state index in [0.29, 0.717) is 73.3 Å². The van der Waals surface area contributed by atoms with Crippen molar-refractivity contribution >= 4 is 39.3 Å². The Labute approximate surface area is 283 Å². The van der Waals surface area contributed by atoms with Gasteiger partial charge in [0.1, 0.15) is 6.61 Å². The van der Waals surface area contributed by atoms with Crippen molar-refractivity contribution in [2.24, 2.45) is 4.99 Å². The fourth-order valence-corrected chi connectivity index (χ4v) is 6.66. The molecule has 3 aromatic carbocycles. The molecule has 12 heteroatoms. The number of carbonyl (C=O) groups excluding carboxylic acids is 1. The van der Waals surface area contributed by atoms with Crippen LogP contribution in [0.4, 0.5) is 0 Å². The number of esters is 1. The second-order valence-electron chi connectivity index (χ2n) is 10.1. The van der Waals surface area contributed by atoms with Crippen LogP contribution in [-0.2, 0) is 16.1 Å². The van der Waals surface area contributed by atoms with E-state index in [1.54, 1.807) is 42.5 Å². The summed E-state index contributed by atoms with van der Waals surface area (Å²) < 4.78 is 31.2. The van der Waals surface area contributed by atoms with E-state index in [9.17, 15) is 14.9 Å². The Bertz CT molecular complexity index is 2060. The van der Waals surface area contributed by atoms with Crippen LogP contribution >= 0.6 is 27.3 Å². The maximum absolute atomic E-state index is 14.1. The number of methoxy groups -OCH3 is 1. The summed E-state index contributed by atoms with van der Waals surface area (Å²) >= 11 is 4.80. The molecule has 1 aliphatic rings. The molecule has 47 heavy (non-hydrogen) atoms. The first kappa shape index (κ1) is 33.5. The third-order valence-electron chi connectivity index (χ3n) is 7.15. The molecule has 5 rings (SSSR count). The maximum Gasteiger partial charge on any atom is 0.337 e. The van der Waals surface area contributed by atoms with Crippen molar-refractivity contribution in [2.75, 3.05) is 26.9 Å². The minimum atomic E-state index is -0.812. The Balaban J connectivity index is 1.58. The zero-order chi connectivity index (χ0) is 33.5. The van der Waals surface area contributed by atoms with Crippen LogP contribution in [0.3, 0.4) is 0 Å². The number of ether oxygens (including phenoxy) is 5. The summed E-state index contributed by atoms with van der Waals surface area (Å²) in [5.74, 6) is 1.41. The van der Waals surface area contributed by atoms with Gasteiger partial charge in [0.15, 0.2) is 27.8 Å². The number of benzene rings is 3. The van der Waals surface area contributed by atoms with Crippen molar-refractivity contribution in [1.82, 2.24) is 4.57 Å². The number of halogens is 1. The van der Waals surface area contributed by atoms with Gasteiger partial charge in [-0.3, -0.25) is 9.36 Å². The lowest BCUT2D eigenvalue weighted by Gasteiger charge is -2.23. The Morgan fingerprint density at radius 2 is 1.72 bits per heavy atom. The standard InChI is InChI=1S/C35H32BrN3O7S/c1-5-43-27-13-12-22(17-28(27)44-6-2)31-25(34(41)42-4)19-38-35-39(31)33(40)30(47-35)16-21-14-26(36)32(29(15-21)45-7-3)46-20-24-11-9-8-10-23(24)18-37/h8-17,19,31H,5-7,20H2,1-4H3/b30-16-/t31-/m1/s1. The molecule has 0 N–H and O–H groups in total. The van der Waals surface area contributed by atoms with E-state index in [2.05, 4.69) is 27.0 Å². The van der Waals surface area contributed by atoms with Crippen molar-refractivity contribution in [1.29, 1.82) is 5.26 Å². The van der Waals surface area contributed by atoms with Crippen molar-refractivity contribution < 1.29 is 28.5 Å². The van der Waals surface area contributed by atoms with Gasteiger partial charge in [-0.2, -0.15) is 5.26 Å². The van der Waals surface area contributed by atoms with Crippen LogP contribution in [0.5, 0.6) is 23.0 Å². The second kappa shape index (κ2) is 15.2. The highest BCUT2D eigenvalue weighted by atomic mass is 79.9. The molecule has 0 fully saturated rings. The SMILES string of the molecule is CCOc1ccc([C@@H]2C(C(=O)OC)=CN=c3s/c(=C\c4cc(Br)c(OCc5ccccc5C#N)c(OCC)c4)c(=O)n32)cc1OCC. The van der Waals surface area contributed by atoms with Gasteiger partial charge in [-0.25, -0.2) is 9.79 Å². The number of hydrogen-bond donors (Lipinski definition) is 0. The number of aromatic nitrogens is 1. The third-order valence-corrected chi connectivity index (χ3v) is 8.73. The number of nitriles is 1. The molecule has 0 radical (unpaired) electrons. The molecule has 1 aromatic heterocycles. The van der Waals surface area contributed by atoms with E-state index in [-0.39, 0.29) is 17.7 Å². The molecule has 0 aliphatic carbocycles. The van der Waals surface area contributed by atoms with Crippen molar-refractivity contribution in [3.05, 3.63) is 113 Å². The topological polar surface area (TPSA) is 121 Å². The predicted molar refractivity (Wildman–Crippen MR) is 181 cm³/mol. The number of carbonyl (C=O) groups is 1. The van der Waals surface area contributed by atoms with Crippen LogP contribution in [0.25, 0.3) is 6.08 Å². The molecule has 10 nitrogen and oxygen atoms in total. The minimum absolute atomic E-state index is 0.166. The average molecular weight is 719 g/mol. The molecule has 1 aliphatic heterocycles. The summed E-state index contributed by atoms with van der Waals surface area (Å²) in [5.41, 5.74) is 2.47. The minimum Gasteiger partial charge on any atom is -0.490 e. The zero-order valence-electron chi connectivity index (χ0n) is 26.2. The first-order valence-corrected chi connectivity index (χ1v) is 16.5. The van der Waals surface area contributed by atoms with Gasteiger partial charge in [-0.15, -0.1) is 0 Å². The van der Waals surface area contributed by atoms with Gasteiger partial charge < -0.3 is 23.7 Å². The number of rotatable bonds is 12. The first-order chi connectivity index (χ1) is 22.8. The third kappa shape index (κ3) is 7.11. The Morgan fingerprint density at radius 3 is 2.45 bits per heavy atom. The molecule has 1 atom stereocenters. The smallest absolute Gasteiger partial charge is 0.337 e. The second-order valence-corrected chi connectivity index (χ2v) is 11.9. The van der Waals surface area contributed by atoms with Crippen molar-refractivity contribution in [3.8, 4) is 29.1 Å².